The number of aryl methyl sites for hydroxylation is 1. The van der Waals surface area contributed by atoms with Crippen LogP contribution in [0, 0.1) is 0 Å². The number of carbonyl (C=O) groups excluding carboxylic acids is 2. The van der Waals surface area contributed by atoms with Gasteiger partial charge in [-0.3, -0.25) is 14.4 Å². The van der Waals surface area contributed by atoms with Crippen LogP contribution in [-0.4, -0.2) is 36.6 Å². The van der Waals surface area contributed by atoms with Gasteiger partial charge in [-0.05, 0) is 31.4 Å². The molecule has 29 heavy (non-hydrogen) atoms. The maximum Gasteiger partial charge on any atom is 0.443 e. The third-order valence-corrected chi connectivity index (χ3v) is 4.84. The molecule has 0 aliphatic carbocycles. The molecular weight excluding hydrogens is 387 g/mol. The number of benzene rings is 2. The zero-order valence-electron chi connectivity index (χ0n) is 16.0. The van der Waals surface area contributed by atoms with Crippen LogP contribution in [0.25, 0.3) is 0 Å². The van der Waals surface area contributed by atoms with E-state index in [0.29, 0.717) is 12.0 Å². The Morgan fingerprint density at radius 3 is 2.34 bits per heavy atom. The second kappa shape index (κ2) is 7.96. The number of rotatable bonds is 7. The maximum absolute atomic E-state index is 14.1. The van der Waals surface area contributed by atoms with Crippen molar-refractivity contribution in [1.82, 2.24) is 5.06 Å². The summed E-state index contributed by atoms with van der Waals surface area (Å²) in [6.07, 6.45) is -4.17. The number of ether oxygens (including phenoxy) is 1. The molecule has 1 aliphatic rings. The summed E-state index contributed by atoms with van der Waals surface area (Å²) in [5.41, 5.74) is -1.95. The molecule has 154 valence electrons. The van der Waals surface area contributed by atoms with Gasteiger partial charge >= 0.3 is 6.18 Å². The molecule has 1 unspecified atom stereocenters. The molecule has 1 atom stereocenters. The van der Waals surface area contributed by atoms with Gasteiger partial charge in [-0.1, -0.05) is 42.5 Å². The Bertz CT molecular complexity index is 911. The van der Waals surface area contributed by atoms with Crippen LogP contribution in [0.15, 0.2) is 48.5 Å². The van der Waals surface area contributed by atoms with Crippen molar-refractivity contribution < 1.29 is 32.3 Å². The zero-order chi connectivity index (χ0) is 21.2. The van der Waals surface area contributed by atoms with Crippen molar-refractivity contribution in [3.8, 4) is 0 Å². The number of hydrogen-bond donors (Lipinski definition) is 0. The highest BCUT2D eigenvalue weighted by Crippen LogP contribution is 2.50. The number of nitrogens with zero attached hydrogens (tertiary/aromatic N) is 1. The van der Waals surface area contributed by atoms with Gasteiger partial charge in [0.25, 0.3) is 11.6 Å². The molecule has 0 radical (unpaired) electrons. The van der Waals surface area contributed by atoms with Crippen LogP contribution in [0.5, 0.6) is 0 Å². The Morgan fingerprint density at radius 1 is 1.10 bits per heavy atom. The highest BCUT2D eigenvalue weighted by molar-refractivity contribution is 5.99. The molecule has 0 N–H and O–H groups in total. The lowest BCUT2D eigenvalue weighted by Crippen LogP contribution is -2.55. The molecule has 0 fully saturated rings. The van der Waals surface area contributed by atoms with Crippen molar-refractivity contribution in [1.29, 1.82) is 0 Å². The Morgan fingerprint density at radius 2 is 1.76 bits per heavy atom. The molecule has 0 spiro atoms. The molecule has 1 amide bonds. The minimum Gasteiger partial charge on any atom is -0.342 e. The number of amides is 1. The van der Waals surface area contributed by atoms with Gasteiger partial charge in [0.1, 0.15) is 0 Å². The van der Waals surface area contributed by atoms with Crippen LogP contribution in [0.1, 0.15) is 45.2 Å². The van der Waals surface area contributed by atoms with Gasteiger partial charge < -0.3 is 4.74 Å². The van der Waals surface area contributed by atoms with E-state index >= 15 is 0 Å². The first-order chi connectivity index (χ1) is 13.7. The zero-order valence-corrected chi connectivity index (χ0v) is 16.0. The minimum atomic E-state index is -4.91. The first kappa shape index (κ1) is 21.0. The SMILES string of the molecule is CON1C(=O)c2ccccc2C1(OCCCc1ccc(C(C)=O)cc1)C(F)(F)F. The number of ketones is 1. The average Bonchev–Trinajstić information content (AvgIpc) is 2.94. The average molecular weight is 407 g/mol. The fourth-order valence-electron chi connectivity index (χ4n) is 3.43. The number of alkyl halides is 3. The van der Waals surface area contributed by atoms with Crippen molar-refractivity contribution in [2.24, 2.45) is 0 Å². The predicted molar refractivity (Wildman–Crippen MR) is 98.1 cm³/mol. The van der Waals surface area contributed by atoms with Crippen LogP contribution in [-0.2, 0) is 21.7 Å². The quantitative estimate of drug-likeness (QED) is 0.508. The van der Waals surface area contributed by atoms with E-state index in [9.17, 15) is 22.8 Å². The van der Waals surface area contributed by atoms with Crippen LogP contribution in [0.3, 0.4) is 0 Å². The van der Waals surface area contributed by atoms with E-state index in [1.165, 1.54) is 31.2 Å². The summed E-state index contributed by atoms with van der Waals surface area (Å²) >= 11 is 0. The molecule has 1 aliphatic heterocycles. The van der Waals surface area contributed by atoms with Crippen molar-refractivity contribution in [2.45, 2.75) is 31.7 Å². The number of carbonyl (C=O) groups is 2. The summed E-state index contributed by atoms with van der Waals surface area (Å²) in [6.45, 7) is 1.21. The number of fused-ring (bicyclic) bond motifs is 1. The molecule has 2 aromatic rings. The summed E-state index contributed by atoms with van der Waals surface area (Å²) in [4.78, 5) is 28.5. The van der Waals surface area contributed by atoms with Crippen LogP contribution < -0.4 is 0 Å². The van der Waals surface area contributed by atoms with Crippen molar-refractivity contribution in [3.63, 3.8) is 0 Å². The van der Waals surface area contributed by atoms with Crippen LogP contribution >= 0.6 is 0 Å². The highest BCUT2D eigenvalue weighted by atomic mass is 19.4. The number of hydrogen-bond acceptors (Lipinski definition) is 4. The summed E-state index contributed by atoms with van der Waals surface area (Å²) in [5, 5.41) is 0.249. The van der Waals surface area contributed by atoms with Gasteiger partial charge in [0.2, 0.25) is 0 Å². The normalized spacial score (nSPS) is 18.8. The highest BCUT2D eigenvalue weighted by Gasteiger charge is 2.68. The second-order valence-electron chi connectivity index (χ2n) is 6.67. The van der Waals surface area contributed by atoms with E-state index in [1.807, 2.05) is 0 Å². The number of hydroxylamine groups is 2. The predicted octanol–water partition coefficient (Wildman–Crippen LogP) is 4.27. The van der Waals surface area contributed by atoms with Crippen molar-refractivity contribution in [3.05, 3.63) is 70.8 Å². The van der Waals surface area contributed by atoms with Gasteiger partial charge in [0.15, 0.2) is 5.78 Å². The maximum atomic E-state index is 14.1. The summed E-state index contributed by atoms with van der Waals surface area (Å²) in [7, 11) is 1.00. The van der Waals surface area contributed by atoms with E-state index in [1.54, 1.807) is 24.3 Å². The lowest BCUT2D eigenvalue weighted by atomic mass is 10.0. The first-order valence-electron chi connectivity index (χ1n) is 9.01. The molecule has 2 aromatic carbocycles. The summed E-state index contributed by atoms with van der Waals surface area (Å²) < 4.78 is 47.8. The molecule has 3 rings (SSSR count). The summed E-state index contributed by atoms with van der Waals surface area (Å²) in [5.74, 6) is -0.962. The molecule has 0 bridgehead atoms. The molecule has 1 heterocycles. The van der Waals surface area contributed by atoms with Crippen molar-refractivity contribution in [2.75, 3.05) is 13.7 Å². The first-order valence-corrected chi connectivity index (χ1v) is 9.01. The van der Waals surface area contributed by atoms with Crippen LogP contribution in [0.4, 0.5) is 13.2 Å². The third-order valence-electron chi connectivity index (χ3n) is 4.84. The second-order valence-corrected chi connectivity index (χ2v) is 6.67. The minimum absolute atomic E-state index is 0.0591. The largest absolute Gasteiger partial charge is 0.443 e. The van der Waals surface area contributed by atoms with Gasteiger partial charge in [0, 0.05) is 11.1 Å². The Kier molecular flexibility index (Phi) is 5.77. The topological polar surface area (TPSA) is 55.8 Å². The molecule has 5 nitrogen and oxygen atoms in total. The molecular formula is C21H20F3NO4. The van der Waals surface area contributed by atoms with Gasteiger partial charge in [0.05, 0.1) is 19.3 Å². The fraction of sp³-hybridized carbons (Fsp3) is 0.333. The van der Waals surface area contributed by atoms with E-state index in [4.69, 9.17) is 9.57 Å². The number of Topliss-reactive ketones (excluding diaryl/α,β-unsaturated/α-hetero) is 1. The molecule has 0 saturated heterocycles. The van der Waals surface area contributed by atoms with Gasteiger partial charge in [-0.15, -0.1) is 0 Å². The Labute approximate surface area is 166 Å². The Hall–Kier alpha value is -2.71. The smallest absolute Gasteiger partial charge is 0.342 e. The third kappa shape index (κ3) is 3.65. The fourth-order valence-corrected chi connectivity index (χ4v) is 3.43. The van der Waals surface area contributed by atoms with E-state index < -0.39 is 17.8 Å². The number of halogens is 3. The molecule has 0 aromatic heterocycles. The monoisotopic (exact) mass is 407 g/mol. The standard InChI is InChI=1S/C21H20F3NO4/c1-14(26)16-11-9-15(10-12-16)6-5-13-29-20(21(22,23)24)18-8-4-3-7-17(18)19(27)25(20)28-2/h3-4,7-12H,5-6,13H2,1-2H3. The van der Waals surface area contributed by atoms with Gasteiger partial charge in [-0.25, -0.2) is 0 Å². The Balaban J connectivity index is 1.78. The van der Waals surface area contributed by atoms with Crippen molar-refractivity contribution >= 4 is 11.7 Å². The molecule has 8 heteroatoms. The summed E-state index contributed by atoms with van der Waals surface area (Å²) in [6, 6.07) is 12.3. The van der Waals surface area contributed by atoms with Gasteiger partial charge in [-0.2, -0.15) is 18.2 Å². The van der Waals surface area contributed by atoms with Crippen LogP contribution in [0.2, 0.25) is 0 Å². The lowest BCUT2D eigenvalue weighted by Gasteiger charge is -2.38. The lowest BCUT2D eigenvalue weighted by molar-refractivity contribution is -0.383. The van der Waals surface area contributed by atoms with E-state index in [0.717, 1.165) is 12.7 Å². The molecule has 0 saturated carbocycles. The van der Waals surface area contributed by atoms with E-state index in [2.05, 4.69) is 0 Å². The van der Waals surface area contributed by atoms with E-state index in [-0.39, 0.29) is 35.0 Å².